The summed E-state index contributed by atoms with van der Waals surface area (Å²) in [6.45, 7) is 4.13. The molecule has 2 N–H and O–H groups in total. The fourth-order valence-corrected chi connectivity index (χ4v) is 2.20. The number of H-pyrrole nitrogens is 1. The van der Waals surface area contributed by atoms with Crippen LogP contribution >= 0.6 is 0 Å². The van der Waals surface area contributed by atoms with Crippen molar-refractivity contribution in [2.24, 2.45) is 7.05 Å². The van der Waals surface area contributed by atoms with E-state index in [0.29, 0.717) is 17.4 Å². The zero-order valence-corrected chi connectivity index (χ0v) is 12.2. The van der Waals surface area contributed by atoms with Crippen LogP contribution in [0, 0.1) is 0 Å². The van der Waals surface area contributed by atoms with Crippen molar-refractivity contribution in [3.63, 3.8) is 0 Å². The molecule has 0 saturated heterocycles. The van der Waals surface area contributed by atoms with E-state index in [0.717, 1.165) is 16.6 Å². The number of benzene rings is 1. The summed E-state index contributed by atoms with van der Waals surface area (Å²) in [5.41, 5.74) is 2.17. The standard InChI is InChI=1S/C15H17N5O/c1-9(2)12-8-13(20(3)19-12)16-15(21)14-10-6-4-5-7-11(10)17-18-14/h4-9H,1-3H3,(H,16,21)(H,17,18). The molecule has 21 heavy (non-hydrogen) atoms. The first-order valence-electron chi connectivity index (χ1n) is 6.84. The average molecular weight is 283 g/mol. The fraction of sp³-hybridized carbons (Fsp3) is 0.267. The zero-order valence-electron chi connectivity index (χ0n) is 12.2. The summed E-state index contributed by atoms with van der Waals surface area (Å²) in [6.07, 6.45) is 0. The SMILES string of the molecule is CC(C)c1cc(NC(=O)c2n[nH]c3ccccc23)n(C)n1. The van der Waals surface area contributed by atoms with Crippen molar-refractivity contribution >= 4 is 22.6 Å². The van der Waals surface area contributed by atoms with Crippen molar-refractivity contribution in [2.45, 2.75) is 19.8 Å². The van der Waals surface area contributed by atoms with Crippen molar-refractivity contribution < 1.29 is 4.79 Å². The van der Waals surface area contributed by atoms with Gasteiger partial charge in [0, 0.05) is 18.5 Å². The molecule has 108 valence electrons. The molecule has 1 aromatic carbocycles. The normalized spacial score (nSPS) is 11.2. The molecule has 6 nitrogen and oxygen atoms in total. The van der Waals surface area contributed by atoms with Crippen LogP contribution in [-0.4, -0.2) is 25.9 Å². The van der Waals surface area contributed by atoms with Crippen molar-refractivity contribution in [1.82, 2.24) is 20.0 Å². The first-order chi connectivity index (χ1) is 10.1. The number of aryl methyl sites for hydroxylation is 1. The van der Waals surface area contributed by atoms with Gasteiger partial charge in [0.15, 0.2) is 5.69 Å². The summed E-state index contributed by atoms with van der Waals surface area (Å²) in [6, 6.07) is 9.43. The number of fused-ring (bicyclic) bond motifs is 1. The van der Waals surface area contributed by atoms with E-state index in [1.54, 1.807) is 4.68 Å². The highest BCUT2D eigenvalue weighted by Crippen LogP contribution is 2.19. The molecule has 0 radical (unpaired) electrons. The Hall–Kier alpha value is -2.63. The molecule has 6 heteroatoms. The van der Waals surface area contributed by atoms with E-state index in [4.69, 9.17) is 0 Å². The molecule has 0 atom stereocenters. The molecule has 0 spiro atoms. The summed E-state index contributed by atoms with van der Waals surface area (Å²) in [5.74, 6) is 0.731. The average Bonchev–Trinajstić information content (AvgIpc) is 3.03. The lowest BCUT2D eigenvalue weighted by atomic mass is 10.1. The quantitative estimate of drug-likeness (QED) is 0.776. The zero-order chi connectivity index (χ0) is 15.0. The number of hydrogen-bond acceptors (Lipinski definition) is 3. The largest absolute Gasteiger partial charge is 0.305 e. The number of nitrogens with one attached hydrogen (secondary N) is 2. The Labute approximate surface area is 122 Å². The lowest BCUT2D eigenvalue weighted by molar-refractivity contribution is 0.102. The molecule has 2 aromatic heterocycles. The van der Waals surface area contributed by atoms with Crippen LogP contribution in [0.5, 0.6) is 0 Å². The summed E-state index contributed by atoms with van der Waals surface area (Å²) in [5, 5.41) is 15.0. The van der Waals surface area contributed by atoms with Crippen molar-refractivity contribution in [2.75, 3.05) is 5.32 Å². The van der Waals surface area contributed by atoms with Crippen LogP contribution < -0.4 is 5.32 Å². The van der Waals surface area contributed by atoms with Gasteiger partial charge in [-0.05, 0) is 12.0 Å². The monoisotopic (exact) mass is 283 g/mol. The number of hydrogen-bond donors (Lipinski definition) is 2. The molecule has 3 rings (SSSR count). The van der Waals surface area contributed by atoms with Gasteiger partial charge in [-0.1, -0.05) is 32.0 Å². The molecule has 0 saturated carbocycles. The van der Waals surface area contributed by atoms with Gasteiger partial charge in [-0.15, -0.1) is 0 Å². The van der Waals surface area contributed by atoms with Crippen LogP contribution in [0.1, 0.15) is 35.9 Å². The van der Waals surface area contributed by atoms with Gasteiger partial charge < -0.3 is 5.32 Å². The lowest BCUT2D eigenvalue weighted by Crippen LogP contribution is -2.15. The Bertz CT molecular complexity index is 799. The molecule has 0 aliphatic carbocycles. The second-order valence-electron chi connectivity index (χ2n) is 5.30. The molecular formula is C15H17N5O. The van der Waals surface area contributed by atoms with Crippen LogP contribution in [-0.2, 0) is 7.05 Å². The number of aromatic nitrogens is 4. The summed E-state index contributed by atoms with van der Waals surface area (Å²) < 4.78 is 1.67. The molecular weight excluding hydrogens is 266 g/mol. The van der Waals surface area contributed by atoms with Gasteiger partial charge in [0.1, 0.15) is 5.82 Å². The number of rotatable bonds is 3. The molecule has 0 bridgehead atoms. The summed E-state index contributed by atoms with van der Waals surface area (Å²) in [4.78, 5) is 12.4. The first kappa shape index (κ1) is 13.4. The smallest absolute Gasteiger partial charge is 0.277 e. The minimum Gasteiger partial charge on any atom is -0.305 e. The third-order valence-electron chi connectivity index (χ3n) is 3.42. The van der Waals surface area contributed by atoms with E-state index < -0.39 is 0 Å². The Balaban J connectivity index is 1.90. The Morgan fingerprint density at radius 1 is 1.33 bits per heavy atom. The van der Waals surface area contributed by atoms with Gasteiger partial charge in [0.05, 0.1) is 11.2 Å². The number of para-hydroxylation sites is 1. The van der Waals surface area contributed by atoms with Gasteiger partial charge in [-0.3, -0.25) is 14.6 Å². The maximum absolute atomic E-state index is 12.4. The Morgan fingerprint density at radius 2 is 2.10 bits per heavy atom. The molecule has 0 aliphatic heterocycles. The van der Waals surface area contributed by atoms with Crippen LogP contribution in [0.4, 0.5) is 5.82 Å². The highest BCUT2D eigenvalue weighted by molar-refractivity contribution is 6.10. The van der Waals surface area contributed by atoms with E-state index in [-0.39, 0.29) is 5.91 Å². The predicted molar refractivity (Wildman–Crippen MR) is 81.3 cm³/mol. The number of amides is 1. The van der Waals surface area contributed by atoms with E-state index in [1.807, 2.05) is 37.4 Å². The van der Waals surface area contributed by atoms with Crippen LogP contribution in [0.25, 0.3) is 10.9 Å². The number of carbonyl (C=O) groups is 1. The molecule has 0 unspecified atom stereocenters. The first-order valence-corrected chi connectivity index (χ1v) is 6.84. The van der Waals surface area contributed by atoms with Gasteiger partial charge in [-0.2, -0.15) is 10.2 Å². The van der Waals surface area contributed by atoms with E-state index in [2.05, 4.69) is 34.5 Å². The van der Waals surface area contributed by atoms with Crippen molar-refractivity contribution in [1.29, 1.82) is 0 Å². The van der Waals surface area contributed by atoms with Crippen LogP contribution in [0.15, 0.2) is 30.3 Å². The van der Waals surface area contributed by atoms with E-state index in [9.17, 15) is 4.79 Å². The van der Waals surface area contributed by atoms with Crippen LogP contribution in [0.3, 0.4) is 0 Å². The molecule has 0 fully saturated rings. The Morgan fingerprint density at radius 3 is 2.81 bits per heavy atom. The number of nitrogens with zero attached hydrogens (tertiary/aromatic N) is 3. The third kappa shape index (κ3) is 2.40. The highest BCUT2D eigenvalue weighted by Gasteiger charge is 2.16. The van der Waals surface area contributed by atoms with Gasteiger partial charge in [0.25, 0.3) is 5.91 Å². The maximum Gasteiger partial charge on any atom is 0.277 e. The highest BCUT2D eigenvalue weighted by atomic mass is 16.2. The molecule has 0 aliphatic rings. The van der Waals surface area contributed by atoms with Crippen molar-refractivity contribution in [3.8, 4) is 0 Å². The lowest BCUT2D eigenvalue weighted by Gasteiger charge is -2.02. The molecule has 3 aromatic rings. The topological polar surface area (TPSA) is 75.6 Å². The maximum atomic E-state index is 12.4. The van der Waals surface area contributed by atoms with Gasteiger partial charge in [0.2, 0.25) is 0 Å². The number of anilines is 1. The molecule has 2 heterocycles. The molecule has 1 amide bonds. The van der Waals surface area contributed by atoms with Crippen molar-refractivity contribution in [3.05, 3.63) is 41.7 Å². The minimum absolute atomic E-state index is 0.245. The summed E-state index contributed by atoms with van der Waals surface area (Å²) in [7, 11) is 1.81. The number of carbonyl (C=O) groups excluding carboxylic acids is 1. The van der Waals surface area contributed by atoms with Gasteiger partial charge >= 0.3 is 0 Å². The van der Waals surface area contributed by atoms with E-state index in [1.165, 1.54) is 0 Å². The second kappa shape index (κ2) is 5.05. The summed E-state index contributed by atoms with van der Waals surface area (Å²) >= 11 is 0. The Kier molecular flexibility index (Phi) is 3.21. The fourth-order valence-electron chi connectivity index (χ4n) is 2.20. The number of aromatic amines is 1. The predicted octanol–water partition coefficient (Wildman–Crippen LogP) is 2.67. The van der Waals surface area contributed by atoms with Gasteiger partial charge in [-0.25, -0.2) is 0 Å². The third-order valence-corrected chi connectivity index (χ3v) is 3.42. The van der Waals surface area contributed by atoms with E-state index >= 15 is 0 Å². The van der Waals surface area contributed by atoms with Crippen LogP contribution in [0.2, 0.25) is 0 Å². The minimum atomic E-state index is -0.245. The second-order valence-corrected chi connectivity index (χ2v) is 5.30.